The van der Waals surface area contributed by atoms with Crippen molar-refractivity contribution in [3.8, 4) is 29.1 Å². The van der Waals surface area contributed by atoms with E-state index in [2.05, 4.69) is 106 Å². The van der Waals surface area contributed by atoms with Crippen LogP contribution in [0.2, 0.25) is 5.02 Å². The second kappa shape index (κ2) is 34.3. The third-order valence-electron chi connectivity index (χ3n) is 26.4. The number of likely N-dealkylation sites (tertiary alicyclic amines) is 5. The molecule has 15 heteroatoms. The molecule has 0 spiro atoms. The number of carbonyl (C=O) groups excluding carboxylic acids is 1. The summed E-state index contributed by atoms with van der Waals surface area (Å²) in [6, 6.07) is 32.6. The summed E-state index contributed by atoms with van der Waals surface area (Å²) in [6.07, 6.45) is 28.5. The monoisotopic (exact) mass is 1430 g/mol. The summed E-state index contributed by atoms with van der Waals surface area (Å²) in [5, 5.41) is 23.1. The third kappa shape index (κ3) is 18.2. The van der Waals surface area contributed by atoms with Gasteiger partial charge in [-0.2, -0.15) is 0 Å². The Labute approximate surface area is 619 Å². The highest BCUT2D eigenvalue weighted by Crippen LogP contribution is 2.51. The Bertz CT molecular complexity index is 3730. The lowest BCUT2D eigenvalue weighted by atomic mass is 9.81. The molecule has 9 atom stereocenters. The van der Waals surface area contributed by atoms with E-state index in [4.69, 9.17) is 30.5 Å². The van der Waals surface area contributed by atoms with Gasteiger partial charge in [-0.15, -0.1) is 0 Å². The molecule has 5 aromatic rings. The predicted octanol–water partition coefficient (Wildman–Crippen LogP) is 17.1. The number of aryl methyl sites for hydroxylation is 2. The zero-order valence-corrected chi connectivity index (χ0v) is 63.2. The van der Waals surface area contributed by atoms with Gasteiger partial charge in [0.05, 0.1) is 39.1 Å². The van der Waals surface area contributed by atoms with Crippen molar-refractivity contribution in [3.63, 3.8) is 0 Å². The van der Waals surface area contributed by atoms with Crippen LogP contribution in [0.5, 0.6) is 17.2 Å². The van der Waals surface area contributed by atoms with Crippen molar-refractivity contribution in [2.24, 2.45) is 47.3 Å². The molecule has 103 heavy (non-hydrogen) atoms. The molecule has 5 heterocycles. The van der Waals surface area contributed by atoms with Gasteiger partial charge in [-0.25, -0.2) is 13.6 Å². The van der Waals surface area contributed by atoms with Crippen molar-refractivity contribution < 1.29 is 42.7 Å². The van der Waals surface area contributed by atoms with E-state index in [1.54, 1.807) is 19.1 Å². The summed E-state index contributed by atoms with van der Waals surface area (Å²) < 4.78 is 49.1. The van der Waals surface area contributed by atoms with Gasteiger partial charge in [-0.05, 0) is 293 Å². The van der Waals surface area contributed by atoms with Crippen LogP contribution in [0.25, 0.3) is 0 Å². The number of carbonyl (C=O) groups is 1. The first-order chi connectivity index (χ1) is 49.9. The number of fused-ring (bicyclic) bond motifs is 6. The lowest BCUT2D eigenvalue weighted by Gasteiger charge is -2.43. The fourth-order valence-corrected chi connectivity index (χ4v) is 20.8. The van der Waals surface area contributed by atoms with Gasteiger partial charge in [-0.3, -0.25) is 4.90 Å². The largest absolute Gasteiger partial charge is 0.496 e. The Morgan fingerprint density at radius 1 is 0.563 bits per heavy atom. The Morgan fingerprint density at radius 3 is 1.78 bits per heavy atom. The van der Waals surface area contributed by atoms with E-state index in [1.807, 2.05) is 43.3 Å². The summed E-state index contributed by atoms with van der Waals surface area (Å²) in [6.45, 7) is 18.5. The Morgan fingerprint density at radius 2 is 1.17 bits per heavy atom. The van der Waals surface area contributed by atoms with Gasteiger partial charge >= 0.3 is 6.09 Å². The highest BCUT2D eigenvalue weighted by Gasteiger charge is 2.47. The van der Waals surface area contributed by atoms with Crippen molar-refractivity contribution in [2.45, 2.75) is 184 Å². The molecule has 6 aliphatic carbocycles. The SMILES string of the molecule is CCOC(=O)N1CCC(CN2CCC(c3cc(F)cc(F)c3OC)CC2)CC1.COc1ccc(C#Cc2ccccc2)cc1C1CCN([C@H]2C[C@H]3CCC2C3)CC1.COc1ccc(Cl)cc1C1(O)CCN(C2CC3CCC2C3)CC1.Cc1ccc(C)c(C2(O)CCN(CC3CC4C=CC3C4)CC2)c1. The number of benzene rings is 5. The first-order valence-corrected chi connectivity index (χ1v) is 40.0. The highest BCUT2D eigenvalue weighted by atomic mass is 35.5. The second-order valence-electron chi connectivity index (χ2n) is 32.7. The fraction of sp³-hybridized carbons (Fsp3) is 0.602. The van der Waals surface area contributed by atoms with Crippen LogP contribution >= 0.6 is 11.6 Å². The van der Waals surface area contributed by atoms with Crippen molar-refractivity contribution in [3.05, 3.63) is 170 Å². The quantitative estimate of drug-likeness (QED) is 0.0819. The third-order valence-corrected chi connectivity index (χ3v) is 26.6. The Hall–Kier alpha value is -6.02. The molecule has 556 valence electrons. The van der Waals surface area contributed by atoms with Gasteiger partial charge in [0.1, 0.15) is 17.3 Å². The highest BCUT2D eigenvalue weighted by molar-refractivity contribution is 6.30. The van der Waals surface area contributed by atoms with E-state index in [-0.39, 0.29) is 17.8 Å². The van der Waals surface area contributed by atoms with Crippen LogP contribution in [0.15, 0.2) is 109 Å². The summed E-state index contributed by atoms with van der Waals surface area (Å²) in [5.74, 6) is 15.1. The number of methoxy groups -OCH3 is 3. The Balaban J connectivity index is 0.000000123. The molecule has 12 nitrogen and oxygen atoms in total. The maximum Gasteiger partial charge on any atom is 0.409 e. The molecule has 11 aliphatic rings. The van der Waals surface area contributed by atoms with Gasteiger partial charge in [-0.1, -0.05) is 90.4 Å². The standard InChI is InChI=1S/C27H31NO.C21H30F2N2O3.C21H29NO.C19H26ClNO2/c1-29-27-12-10-21(8-7-20-5-3-2-4-6-20)18-25(27)23-13-15-28(16-14-23)26-19-22-9-11-24(26)17-22;1-3-28-21(26)25-10-4-15(5-11-25)14-24-8-6-16(7-9-24)18-12-17(22)13-19(23)20(18)27-2;1-15-3-4-16(2)20(11-15)21(23)7-9-22(10-8-21)14-19-13-17-5-6-18(19)12-17;1-23-18-5-4-15(20)12-16(18)19(22)6-8-21(9-7-19)17-11-13-2-3-14(17)10-13/h2-6,10,12,18,22-24,26H,9,11,13-17,19H2,1H3;12-13,15-16H,3-11,14H2,1-2H3;3-6,11,17-19,23H,7-10,12-14H2,1-2H3;4-5,12-14,17,22H,2-3,6-11H2,1H3/t22-,24?,26-;;;/m0.../s1. The maximum atomic E-state index is 14.0. The summed E-state index contributed by atoms with van der Waals surface area (Å²) >= 11 is 6.15. The van der Waals surface area contributed by atoms with E-state index < -0.39 is 22.8 Å². The van der Waals surface area contributed by atoms with Gasteiger partial charge in [0, 0.05) is 97.8 Å². The number of hydrogen-bond acceptors (Lipinski definition) is 11. The number of piperidine rings is 5. The van der Waals surface area contributed by atoms with E-state index in [0.717, 1.165) is 204 Å². The number of aliphatic hydroxyl groups is 2. The van der Waals surface area contributed by atoms with Gasteiger partial charge in [0.15, 0.2) is 11.6 Å². The minimum absolute atomic E-state index is 0.113. The molecule has 0 aromatic heterocycles. The molecule has 6 bridgehead atoms. The molecule has 2 N–H and O–H groups in total. The van der Waals surface area contributed by atoms with Crippen LogP contribution in [0.3, 0.4) is 0 Å². The Kier molecular flexibility index (Phi) is 25.0. The number of ether oxygens (including phenoxy) is 4. The zero-order chi connectivity index (χ0) is 71.8. The molecule has 1 amide bonds. The number of rotatable bonds is 14. The van der Waals surface area contributed by atoms with E-state index in [0.29, 0.717) is 29.0 Å². The predicted molar refractivity (Wildman–Crippen MR) is 407 cm³/mol. The number of halogens is 3. The summed E-state index contributed by atoms with van der Waals surface area (Å²) in [4.78, 5) is 24.1. The summed E-state index contributed by atoms with van der Waals surface area (Å²) in [5.41, 5.74) is 7.16. The average Bonchev–Trinajstić information content (AvgIpc) is 1.81. The van der Waals surface area contributed by atoms with Crippen LogP contribution in [-0.2, 0) is 15.9 Å². The van der Waals surface area contributed by atoms with Crippen molar-refractivity contribution >= 4 is 17.7 Å². The van der Waals surface area contributed by atoms with Crippen molar-refractivity contribution in [2.75, 3.05) is 106 Å². The van der Waals surface area contributed by atoms with Crippen molar-refractivity contribution in [1.29, 1.82) is 0 Å². The van der Waals surface area contributed by atoms with Crippen molar-refractivity contribution in [1.82, 2.24) is 24.5 Å². The van der Waals surface area contributed by atoms with Crippen LogP contribution in [0, 0.1) is 84.7 Å². The minimum Gasteiger partial charge on any atom is -0.496 e. The molecule has 0 radical (unpaired) electrons. The first-order valence-electron chi connectivity index (χ1n) is 39.6. The minimum atomic E-state index is -0.815. The molecular weight excluding hydrogens is 1310 g/mol. The molecular formula is C88H116ClF2N5O7. The molecule has 5 saturated heterocycles. The van der Waals surface area contributed by atoms with Crippen LogP contribution < -0.4 is 14.2 Å². The van der Waals surface area contributed by atoms with Crippen LogP contribution in [-0.4, -0.2) is 159 Å². The lowest BCUT2D eigenvalue weighted by Crippen LogP contribution is -2.48. The second-order valence-corrected chi connectivity index (χ2v) is 33.1. The average molecular weight is 1430 g/mol. The molecule has 7 unspecified atom stereocenters. The zero-order valence-electron chi connectivity index (χ0n) is 62.5. The van der Waals surface area contributed by atoms with E-state index in [1.165, 1.54) is 127 Å². The molecule has 5 saturated carbocycles. The first kappa shape index (κ1) is 75.2. The molecule has 5 aromatic carbocycles. The molecule has 16 rings (SSSR count). The van der Waals surface area contributed by atoms with Crippen LogP contribution in [0.4, 0.5) is 13.6 Å². The van der Waals surface area contributed by atoms with E-state index >= 15 is 0 Å². The summed E-state index contributed by atoms with van der Waals surface area (Å²) in [7, 11) is 4.87. The number of allylic oxidation sites excluding steroid dienone is 2. The number of hydrogen-bond donors (Lipinski definition) is 2. The van der Waals surface area contributed by atoms with Gasteiger partial charge < -0.3 is 48.8 Å². The topological polar surface area (TPSA) is 111 Å². The number of nitrogens with zero attached hydrogens (tertiary/aromatic N) is 5. The molecule has 5 aliphatic heterocycles. The normalized spacial score (nSPS) is 27.6. The lowest BCUT2D eigenvalue weighted by molar-refractivity contribution is -0.0426. The van der Waals surface area contributed by atoms with Crippen LogP contribution in [0.1, 0.15) is 192 Å². The van der Waals surface area contributed by atoms with Gasteiger partial charge in [0.25, 0.3) is 0 Å². The number of amides is 1. The van der Waals surface area contributed by atoms with E-state index in [9.17, 15) is 23.8 Å². The smallest absolute Gasteiger partial charge is 0.409 e. The van der Waals surface area contributed by atoms with Gasteiger partial charge in [0.2, 0.25) is 0 Å². The fourth-order valence-electron chi connectivity index (χ4n) is 20.6. The molecule has 10 fully saturated rings. The maximum absolute atomic E-state index is 14.0.